The van der Waals surface area contributed by atoms with Crippen LogP contribution in [0, 0.1) is 0 Å². The first kappa shape index (κ1) is 18.4. The summed E-state index contributed by atoms with van der Waals surface area (Å²) in [6.07, 6.45) is 8.57. The third-order valence-corrected chi connectivity index (χ3v) is 5.28. The van der Waals surface area contributed by atoms with Crippen molar-refractivity contribution < 1.29 is 15.3 Å². The van der Waals surface area contributed by atoms with E-state index in [2.05, 4.69) is 6.92 Å². The van der Waals surface area contributed by atoms with Gasteiger partial charge in [-0.15, -0.1) is 0 Å². The molecule has 1 rings (SSSR count). The van der Waals surface area contributed by atoms with Gasteiger partial charge in [0.2, 0.25) is 16.3 Å². The van der Waals surface area contributed by atoms with Crippen molar-refractivity contribution in [1.29, 1.82) is 0 Å². The molecular weight excluding hydrogens is 279 g/mol. The quantitative estimate of drug-likeness (QED) is 0.459. The number of rotatable bonds is 10. The summed E-state index contributed by atoms with van der Waals surface area (Å²) in [4.78, 5) is 0. The molecule has 0 aromatic heterocycles. The summed E-state index contributed by atoms with van der Waals surface area (Å²) in [5.41, 5.74) is 1.05. The van der Waals surface area contributed by atoms with Gasteiger partial charge in [0.05, 0.1) is 6.10 Å². The molecule has 0 spiro atoms. The van der Waals surface area contributed by atoms with Crippen molar-refractivity contribution >= 4 is 16.3 Å². The van der Waals surface area contributed by atoms with Crippen molar-refractivity contribution in [3.8, 4) is 11.5 Å². The zero-order valence-corrected chi connectivity index (χ0v) is 15.4. The summed E-state index contributed by atoms with van der Waals surface area (Å²) in [5, 5.41) is 28.7. The number of hydrogen-bond donors (Lipinski definition) is 3. The first-order chi connectivity index (χ1) is 10.0. The van der Waals surface area contributed by atoms with Gasteiger partial charge in [0.1, 0.15) is 11.5 Å². The average Bonchev–Trinajstić information content (AvgIpc) is 2.41. The molecule has 0 fully saturated rings. The van der Waals surface area contributed by atoms with Crippen molar-refractivity contribution in [3.63, 3.8) is 0 Å². The van der Waals surface area contributed by atoms with Crippen LogP contribution < -0.4 is 0 Å². The highest BCUT2D eigenvalue weighted by Gasteiger charge is 2.08. The Hall–Kier alpha value is -0.688. The first-order valence-corrected chi connectivity index (χ1v) is 9.39. The Morgan fingerprint density at radius 1 is 0.905 bits per heavy atom. The topological polar surface area (TPSA) is 60.7 Å². The van der Waals surface area contributed by atoms with Gasteiger partial charge in [0.25, 0.3) is 0 Å². The van der Waals surface area contributed by atoms with E-state index in [0.29, 0.717) is 4.78 Å². The Bertz CT molecular complexity index is 389. The highest BCUT2D eigenvalue weighted by Crippen LogP contribution is 2.27. The fourth-order valence-electron chi connectivity index (χ4n) is 2.73. The second kappa shape index (κ2) is 10.1. The van der Waals surface area contributed by atoms with E-state index in [1.807, 2.05) is 0 Å². The van der Waals surface area contributed by atoms with Crippen LogP contribution in [0.25, 0.3) is 0 Å². The van der Waals surface area contributed by atoms with Crippen molar-refractivity contribution in [2.75, 3.05) is 0 Å². The number of aliphatic hydroxyl groups excluding tert-OH is 1. The van der Waals surface area contributed by atoms with Crippen LogP contribution >= 0.6 is 0 Å². The molecule has 0 amide bonds. The fraction of sp³-hybridized carbons (Fsp3) is 0.647. The Morgan fingerprint density at radius 2 is 1.48 bits per heavy atom. The van der Waals surface area contributed by atoms with Gasteiger partial charge in [-0.25, -0.2) is 0 Å². The summed E-state index contributed by atoms with van der Waals surface area (Å²) in [6, 6.07) is 4.90. The van der Waals surface area contributed by atoms with Gasteiger partial charge in [0.15, 0.2) is 0 Å². The van der Waals surface area contributed by atoms with Crippen LogP contribution in [0.15, 0.2) is 18.2 Å². The minimum absolute atomic E-state index is 0.114. The molecule has 3 nitrogen and oxygen atoms in total. The smallest absolute Gasteiger partial charge is 0.223 e. The van der Waals surface area contributed by atoms with Crippen molar-refractivity contribution in [2.45, 2.75) is 69.2 Å². The molecule has 118 valence electrons. The zero-order valence-electron chi connectivity index (χ0n) is 13.4. The largest absolute Gasteiger partial charge is 0.508 e. The maximum atomic E-state index is 9.65. The summed E-state index contributed by atoms with van der Waals surface area (Å²) in [5.74, 6) is 0.298. The molecule has 0 heterocycles. The van der Waals surface area contributed by atoms with Gasteiger partial charge in [0, 0.05) is 6.07 Å². The summed E-state index contributed by atoms with van der Waals surface area (Å²) >= 11 is 1.03. The Balaban J connectivity index is 2.17. The molecule has 0 radical (unpaired) electrons. The maximum absolute atomic E-state index is 9.65. The monoisotopic (exact) mass is 308 g/mol. The van der Waals surface area contributed by atoms with Gasteiger partial charge in [-0.1, -0.05) is 55.8 Å². The van der Waals surface area contributed by atoms with Crippen LogP contribution in [0.3, 0.4) is 0 Å². The van der Waals surface area contributed by atoms with E-state index in [4.69, 9.17) is 0 Å². The molecule has 0 aliphatic carbocycles. The lowest BCUT2D eigenvalue weighted by Crippen LogP contribution is -2.05. The maximum Gasteiger partial charge on any atom is 0.223 e. The average molecular weight is 308 g/mol. The van der Waals surface area contributed by atoms with Crippen molar-refractivity contribution in [1.82, 2.24) is 0 Å². The Labute approximate surface area is 136 Å². The van der Waals surface area contributed by atoms with Crippen LogP contribution in [-0.2, 0) is 0 Å². The minimum Gasteiger partial charge on any atom is -0.508 e. The van der Waals surface area contributed by atoms with Crippen LogP contribution in [0.4, 0.5) is 0 Å². The van der Waals surface area contributed by atoms with E-state index in [-0.39, 0.29) is 17.6 Å². The summed E-state index contributed by atoms with van der Waals surface area (Å²) in [7, 11) is 0. The molecule has 0 bridgehead atoms. The number of unbranched alkanes of at least 4 members (excludes halogenated alkanes) is 3. The van der Waals surface area contributed by atoms with E-state index < -0.39 is 0 Å². The third-order valence-electron chi connectivity index (χ3n) is 4.04. The molecule has 2 atom stereocenters. The summed E-state index contributed by atoms with van der Waals surface area (Å²) in [6.45, 7) is 2.10. The SMILES string of the molecule is CCCC(O)CCCCCC[CH]([AlH2])c1cc(O)cc(O)c1. The molecule has 1 aromatic rings. The van der Waals surface area contributed by atoms with E-state index in [9.17, 15) is 15.3 Å². The van der Waals surface area contributed by atoms with E-state index >= 15 is 0 Å². The molecule has 1 aromatic carbocycles. The standard InChI is InChI=1S/C17H27O3.Al.2H/c1-2-8-15(18)10-7-5-3-4-6-9-14-11-16(19)13-17(20)12-14;;;/h9,11-13,15,18-20H,2-8,10H2,1H3;;;. The zero-order chi connectivity index (χ0) is 15.7. The van der Waals surface area contributed by atoms with Crippen LogP contribution in [0.1, 0.15) is 68.6 Å². The third kappa shape index (κ3) is 7.76. The molecule has 2 unspecified atom stereocenters. The number of hydrogen-bond acceptors (Lipinski definition) is 3. The van der Waals surface area contributed by atoms with E-state index in [1.54, 1.807) is 12.1 Å². The van der Waals surface area contributed by atoms with Crippen LogP contribution in [-0.4, -0.2) is 37.7 Å². The van der Waals surface area contributed by atoms with Crippen LogP contribution in [0.5, 0.6) is 11.5 Å². The van der Waals surface area contributed by atoms with Gasteiger partial charge < -0.3 is 15.3 Å². The van der Waals surface area contributed by atoms with Crippen molar-refractivity contribution in [2.24, 2.45) is 0 Å². The molecule has 0 aliphatic rings. The predicted molar refractivity (Wildman–Crippen MR) is 89.7 cm³/mol. The van der Waals surface area contributed by atoms with Crippen LogP contribution in [0.2, 0.25) is 0 Å². The second-order valence-corrected chi connectivity index (χ2v) is 7.51. The van der Waals surface area contributed by atoms with Gasteiger partial charge in [-0.2, -0.15) is 0 Å². The van der Waals surface area contributed by atoms with E-state index in [1.165, 1.54) is 25.3 Å². The summed E-state index contributed by atoms with van der Waals surface area (Å²) < 4.78 is 0.480. The normalized spacial score (nSPS) is 14.0. The lowest BCUT2D eigenvalue weighted by atomic mass is 10.0. The predicted octanol–water partition coefficient (Wildman–Crippen LogP) is 3.27. The lowest BCUT2D eigenvalue weighted by Gasteiger charge is -2.13. The number of aliphatic hydroxyl groups is 1. The molecule has 3 N–H and O–H groups in total. The molecule has 4 heteroatoms. The van der Waals surface area contributed by atoms with Crippen molar-refractivity contribution in [3.05, 3.63) is 23.8 Å². The number of phenols is 2. The highest BCUT2D eigenvalue weighted by molar-refractivity contribution is 6.12. The molecule has 0 saturated carbocycles. The molecule has 0 aliphatic heterocycles. The second-order valence-electron chi connectivity index (χ2n) is 6.12. The molecule has 0 saturated heterocycles. The lowest BCUT2D eigenvalue weighted by molar-refractivity contribution is 0.150. The number of aromatic hydroxyl groups is 2. The number of phenolic OH excluding ortho intramolecular Hbond substituents is 2. The Morgan fingerprint density at radius 3 is 2.05 bits per heavy atom. The van der Waals surface area contributed by atoms with Gasteiger partial charge in [-0.05, 0) is 25.0 Å². The number of benzene rings is 1. The fourth-order valence-corrected chi connectivity index (χ4v) is 3.47. The molecule has 21 heavy (non-hydrogen) atoms. The van der Waals surface area contributed by atoms with Gasteiger partial charge >= 0.3 is 0 Å². The first-order valence-electron chi connectivity index (χ1n) is 8.24. The minimum atomic E-state index is -0.114. The Kier molecular flexibility index (Phi) is 8.84. The van der Waals surface area contributed by atoms with Gasteiger partial charge in [-0.3, -0.25) is 0 Å². The highest BCUT2D eigenvalue weighted by atomic mass is 27.0. The molecular formula is C17H29AlO3. The van der Waals surface area contributed by atoms with E-state index in [0.717, 1.165) is 54.0 Å².